The molecule has 5 aliphatic carbocycles. The highest BCUT2D eigenvalue weighted by molar-refractivity contribution is 5.78. The van der Waals surface area contributed by atoms with Crippen molar-refractivity contribution in [1.82, 2.24) is 0 Å². The highest BCUT2D eigenvalue weighted by Crippen LogP contribution is 2.58. The first-order valence-corrected chi connectivity index (χ1v) is 13.9. The first-order valence-electron chi connectivity index (χ1n) is 13.9. The van der Waals surface area contributed by atoms with Gasteiger partial charge in [0.15, 0.2) is 10.8 Å². The Balaban J connectivity index is 0.000000216. The van der Waals surface area contributed by atoms with E-state index in [1.54, 1.807) is 6.92 Å². The van der Waals surface area contributed by atoms with Crippen LogP contribution in [0.25, 0.3) is 0 Å². The molecule has 0 spiro atoms. The van der Waals surface area contributed by atoms with Gasteiger partial charge in [-0.05, 0) is 116 Å². The molecule has 5 rings (SSSR count). The largest absolute Gasteiger partial charge is 0.459 e. The molecule has 0 N–H and O–H groups in total. The van der Waals surface area contributed by atoms with Crippen molar-refractivity contribution in [1.29, 1.82) is 0 Å². The van der Waals surface area contributed by atoms with Gasteiger partial charge in [0.1, 0.15) is 11.2 Å². The molecule has 5 saturated carbocycles. The summed E-state index contributed by atoms with van der Waals surface area (Å²) in [5, 5.41) is 0. The van der Waals surface area contributed by atoms with Crippen molar-refractivity contribution in [3.8, 4) is 0 Å². The standard InChI is InChI=1S/C16H23F3O2.C12H19F3O2/c1-3-14(2,16(17,18)19)13(20)21-15-7-10-4-11(8-15)6-12(5-10)9-15;1-4-11(3,12(13,14)15)9(16)17-10(2)7-5-6-8-10/h10-12H,3-9H2,1-2H3;4-8H2,1-3H3. The molecule has 4 nitrogen and oxygen atoms in total. The zero-order valence-electron chi connectivity index (χ0n) is 23.1. The Bertz CT molecular complexity index is 840. The van der Waals surface area contributed by atoms with E-state index in [0.29, 0.717) is 30.6 Å². The number of rotatable bonds is 6. The van der Waals surface area contributed by atoms with Gasteiger partial charge in [-0.15, -0.1) is 0 Å². The average Bonchev–Trinajstić information content (AvgIpc) is 3.21. The van der Waals surface area contributed by atoms with Crippen LogP contribution in [0.3, 0.4) is 0 Å². The molecular weight excluding hydrogens is 514 g/mol. The van der Waals surface area contributed by atoms with Crippen LogP contribution in [0, 0.1) is 28.6 Å². The normalized spacial score (nSPS) is 33.0. The summed E-state index contributed by atoms with van der Waals surface area (Å²) in [4.78, 5) is 24.0. The molecule has 2 atom stereocenters. The average molecular weight is 557 g/mol. The lowest BCUT2D eigenvalue weighted by Gasteiger charge is -2.56. The molecule has 220 valence electrons. The minimum Gasteiger partial charge on any atom is -0.459 e. The van der Waals surface area contributed by atoms with E-state index in [-0.39, 0.29) is 12.8 Å². The summed E-state index contributed by atoms with van der Waals surface area (Å²) >= 11 is 0. The third kappa shape index (κ3) is 5.98. The first kappa shape index (κ1) is 31.1. The zero-order valence-corrected chi connectivity index (χ0v) is 23.1. The second-order valence-corrected chi connectivity index (χ2v) is 12.9. The summed E-state index contributed by atoms with van der Waals surface area (Å²) in [5.74, 6) is -0.579. The van der Waals surface area contributed by atoms with E-state index in [1.165, 1.54) is 33.1 Å². The molecule has 38 heavy (non-hydrogen) atoms. The number of carbonyl (C=O) groups excluding carboxylic acids is 2. The van der Waals surface area contributed by atoms with Crippen LogP contribution in [0.5, 0.6) is 0 Å². The Morgan fingerprint density at radius 2 is 1.05 bits per heavy atom. The lowest BCUT2D eigenvalue weighted by atomic mass is 9.54. The van der Waals surface area contributed by atoms with Crippen LogP contribution >= 0.6 is 0 Å². The number of esters is 2. The molecule has 0 aromatic heterocycles. The smallest absolute Gasteiger partial charge is 0.404 e. The van der Waals surface area contributed by atoms with Gasteiger partial charge < -0.3 is 9.47 Å². The lowest BCUT2D eigenvalue weighted by Crippen LogP contribution is -2.55. The Hall–Kier alpha value is -1.48. The molecule has 4 bridgehead atoms. The molecule has 5 aliphatic rings. The van der Waals surface area contributed by atoms with Gasteiger partial charge in [-0.3, -0.25) is 9.59 Å². The van der Waals surface area contributed by atoms with Crippen molar-refractivity contribution >= 4 is 11.9 Å². The van der Waals surface area contributed by atoms with Gasteiger partial charge in [0.25, 0.3) is 0 Å². The summed E-state index contributed by atoms with van der Waals surface area (Å²) < 4.78 is 88.9. The van der Waals surface area contributed by atoms with E-state index in [4.69, 9.17) is 9.47 Å². The predicted octanol–water partition coefficient (Wildman–Crippen LogP) is 8.32. The molecule has 0 amide bonds. The number of carbonyl (C=O) groups is 2. The third-order valence-electron chi connectivity index (χ3n) is 9.86. The maximum Gasteiger partial charge on any atom is 0.404 e. The minimum absolute atomic E-state index is 0.276. The Kier molecular flexibility index (Phi) is 8.57. The second kappa shape index (κ2) is 10.5. The van der Waals surface area contributed by atoms with Crippen LogP contribution in [-0.4, -0.2) is 35.5 Å². The van der Waals surface area contributed by atoms with E-state index < -0.39 is 46.3 Å². The van der Waals surface area contributed by atoms with Crippen molar-refractivity contribution in [3.63, 3.8) is 0 Å². The van der Waals surface area contributed by atoms with Gasteiger partial charge in [-0.1, -0.05) is 13.8 Å². The van der Waals surface area contributed by atoms with Crippen LogP contribution in [-0.2, 0) is 19.1 Å². The van der Waals surface area contributed by atoms with Crippen molar-refractivity contribution < 1.29 is 45.4 Å². The van der Waals surface area contributed by atoms with E-state index in [9.17, 15) is 35.9 Å². The fourth-order valence-electron chi connectivity index (χ4n) is 6.95. The predicted molar refractivity (Wildman–Crippen MR) is 129 cm³/mol. The highest BCUT2D eigenvalue weighted by atomic mass is 19.4. The van der Waals surface area contributed by atoms with Gasteiger partial charge in [0, 0.05) is 0 Å². The van der Waals surface area contributed by atoms with E-state index in [2.05, 4.69) is 0 Å². The highest BCUT2D eigenvalue weighted by Gasteiger charge is 2.60. The van der Waals surface area contributed by atoms with Crippen LogP contribution < -0.4 is 0 Å². The Morgan fingerprint density at radius 1 is 0.711 bits per heavy atom. The Morgan fingerprint density at radius 3 is 1.37 bits per heavy atom. The second-order valence-electron chi connectivity index (χ2n) is 12.9. The molecule has 0 aromatic rings. The van der Waals surface area contributed by atoms with E-state index >= 15 is 0 Å². The maximum atomic E-state index is 13.2. The molecule has 0 aliphatic heterocycles. The fraction of sp³-hybridized carbons (Fsp3) is 0.929. The van der Waals surface area contributed by atoms with E-state index in [1.807, 2.05) is 0 Å². The van der Waals surface area contributed by atoms with Gasteiger partial charge in [-0.25, -0.2) is 0 Å². The molecule has 0 heterocycles. The van der Waals surface area contributed by atoms with Crippen molar-refractivity contribution in [2.75, 3.05) is 0 Å². The third-order valence-corrected chi connectivity index (χ3v) is 9.86. The summed E-state index contributed by atoms with van der Waals surface area (Å²) in [5.41, 5.74) is -6.08. The van der Waals surface area contributed by atoms with Gasteiger partial charge in [0.2, 0.25) is 0 Å². The van der Waals surface area contributed by atoms with E-state index in [0.717, 1.165) is 46.0 Å². The van der Waals surface area contributed by atoms with Crippen LogP contribution in [0.15, 0.2) is 0 Å². The van der Waals surface area contributed by atoms with Crippen molar-refractivity contribution in [2.24, 2.45) is 28.6 Å². The number of alkyl halides is 6. The van der Waals surface area contributed by atoms with Crippen LogP contribution in [0.4, 0.5) is 26.3 Å². The molecule has 0 aromatic carbocycles. The summed E-state index contributed by atoms with van der Waals surface area (Å²) in [7, 11) is 0. The molecule has 10 heteroatoms. The zero-order chi connectivity index (χ0) is 28.8. The monoisotopic (exact) mass is 556 g/mol. The van der Waals surface area contributed by atoms with Crippen molar-refractivity contribution in [2.45, 2.75) is 135 Å². The Labute approximate surface area is 221 Å². The number of ether oxygens (including phenoxy) is 2. The fourth-order valence-corrected chi connectivity index (χ4v) is 6.95. The lowest BCUT2D eigenvalue weighted by molar-refractivity contribution is -0.247. The quantitative estimate of drug-likeness (QED) is 0.244. The van der Waals surface area contributed by atoms with Crippen molar-refractivity contribution in [3.05, 3.63) is 0 Å². The summed E-state index contributed by atoms with van der Waals surface area (Å²) in [6, 6.07) is 0. The molecule has 0 radical (unpaired) electrons. The van der Waals surface area contributed by atoms with Crippen LogP contribution in [0.1, 0.15) is 112 Å². The molecule has 5 fully saturated rings. The minimum atomic E-state index is -4.56. The first-order chi connectivity index (χ1) is 17.3. The topological polar surface area (TPSA) is 52.6 Å². The number of halogens is 6. The van der Waals surface area contributed by atoms with Crippen LogP contribution in [0.2, 0.25) is 0 Å². The molecule has 2 unspecified atom stereocenters. The number of hydrogen-bond donors (Lipinski definition) is 0. The maximum absolute atomic E-state index is 13.2. The summed E-state index contributed by atoms with van der Waals surface area (Å²) in [6.07, 6.45) is -0.789. The summed E-state index contributed by atoms with van der Waals surface area (Å²) in [6.45, 7) is 6.34. The van der Waals surface area contributed by atoms with Gasteiger partial charge in [-0.2, -0.15) is 26.3 Å². The van der Waals surface area contributed by atoms with Gasteiger partial charge >= 0.3 is 24.3 Å². The molecule has 0 saturated heterocycles. The SMILES string of the molecule is CCC(C)(C(=O)OC1(C)CCCC1)C(F)(F)F.CCC(C)(C(=O)OC12CC3CC(CC(C3)C1)C2)C(F)(F)F. The van der Waals surface area contributed by atoms with Gasteiger partial charge in [0.05, 0.1) is 0 Å². The molecular formula is C28H42F6O4. The number of hydrogen-bond acceptors (Lipinski definition) is 4.